The van der Waals surface area contributed by atoms with E-state index in [0.29, 0.717) is 29.1 Å². The fourth-order valence-corrected chi connectivity index (χ4v) is 3.17. The molecule has 0 bridgehead atoms. The van der Waals surface area contributed by atoms with Crippen molar-refractivity contribution in [2.24, 2.45) is 0 Å². The molecule has 2 aromatic heterocycles. The molecule has 1 unspecified atom stereocenters. The predicted molar refractivity (Wildman–Crippen MR) is 96.9 cm³/mol. The number of aromatic nitrogens is 4. The SMILES string of the molecule is CC(=O)c1c(C)[nH]c(C(=O)NC(Cn2cncn2)c2ccccc2)c1C. The number of carbonyl (C=O) groups excluding carboxylic acids is 2. The Morgan fingerprint density at radius 1 is 1.23 bits per heavy atom. The van der Waals surface area contributed by atoms with Crippen molar-refractivity contribution >= 4 is 11.7 Å². The van der Waals surface area contributed by atoms with Crippen LogP contribution in [0.5, 0.6) is 0 Å². The molecule has 134 valence electrons. The molecule has 26 heavy (non-hydrogen) atoms. The van der Waals surface area contributed by atoms with Gasteiger partial charge in [0.15, 0.2) is 5.78 Å². The maximum absolute atomic E-state index is 12.9. The molecule has 2 N–H and O–H groups in total. The van der Waals surface area contributed by atoms with Crippen LogP contribution in [-0.4, -0.2) is 31.4 Å². The van der Waals surface area contributed by atoms with E-state index in [1.165, 1.54) is 13.3 Å². The average molecular weight is 351 g/mol. The van der Waals surface area contributed by atoms with Crippen LogP contribution in [0.4, 0.5) is 0 Å². The van der Waals surface area contributed by atoms with Gasteiger partial charge in [-0.1, -0.05) is 30.3 Å². The molecule has 2 heterocycles. The zero-order valence-electron chi connectivity index (χ0n) is 15.0. The van der Waals surface area contributed by atoms with Crippen LogP contribution in [0.3, 0.4) is 0 Å². The molecular weight excluding hydrogens is 330 g/mol. The Balaban J connectivity index is 1.88. The molecule has 1 aromatic carbocycles. The lowest BCUT2D eigenvalue weighted by Crippen LogP contribution is -2.32. The van der Waals surface area contributed by atoms with Crippen molar-refractivity contribution in [1.29, 1.82) is 0 Å². The highest BCUT2D eigenvalue weighted by Crippen LogP contribution is 2.20. The van der Waals surface area contributed by atoms with Gasteiger partial charge in [0.1, 0.15) is 18.3 Å². The second-order valence-electron chi connectivity index (χ2n) is 6.24. The zero-order chi connectivity index (χ0) is 18.7. The highest BCUT2D eigenvalue weighted by atomic mass is 16.2. The quantitative estimate of drug-likeness (QED) is 0.668. The summed E-state index contributed by atoms with van der Waals surface area (Å²) in [5.41, 5.74) is 3.31. The van der Waals surface area contributed by atoms with Crippen molar-refractivity contribution in [2.45, 2.75) is 33.4 Å². The lowest BCUT2D eigenvalue weighted by Gasteiger charge is -2.19. The van der Waals surface area contributed by atoms with Gasteiger partial charge in [-0.15, -0.1) is 0 Å². The molecule has 0 spiro atoms. The van der Waals surface area contributed by atoms with Crippen LogP contribution in [0.15, 0.2) is 43.0 Å². The number of Topliss-reactive ketones (excluding diaryl/α,β-unsaturated/α-hetero) is 1. The maximum atomic E-state index is 12.9. The zero-order valence-corrected chi connectivity index (χ0v) is 15.0. The first-order valence-electron chi connectivity index (χ1n) is 8.35. The number of nitrogens with one attached hydrogen (secondary N) is 2. The second kappa shape index (κ2) is 7.35. The van der Waals surface area contributed by atoms with Gasteiger partial charge in [0.25, 0.3) is 5.91 Å². The first kappa shape index (κ1) is 17.6. The number of nitrogens with zero attached hydrogens (tertiary/aromatic N) is 3. The van der Waals surface area contributed by atoms with Gasteiger partial charge in [0, 0.05) is 11.3 Å². The lowest BCUT2D eigenvalue weighted by molar-refractivity contribution is 0.0926. The van der Waals surface area contributed by atoms with Crippen molar-refractivity contribution in [2.75, 3.05) is 0 Å². The number of aryl methyl sites for hydroxylation is 1. The van der Waals surface area contributed by atoms with Gasteiger partial charge >= 0.3 is 0 Å². The average Bonchev–Trinajstić information content (AvgIpc) is 3.22. The molecule has 0 radical (unpaired) electrons. The van der Waals surface area contributed by atoms with Crippen LogP contribution in [0.25, 0.3) is 0 Å². The summed E-state index contributed by atoms with van der Waals surface area (Å²) in [5, 5.41) is 7.16. The highest BCUT2D eigenvalue weighted by Gasteiger charge is 2.23. The molecule has 7 nitrogen and oxygen atoms in total. The van der Waals surface area contributed by atoms with E-state index in [9.17, 15) is 9.59 Å². The molecule has 3 aromatic rings. The summed E-state index contributed by atoms with van der Waals surface area (Å²) in [6.07, 6.45) is 3.07. The molecule has 7 heteroatoms. The van der Waals surface area contributed by atoms with Crippen molar-refractivity contribution < 1.29 is 9.59 Å². The Morgan fingerprint density at radius 3 is 2.54 bits per heavy atom. The third kappa shape index (κ3) is 3.56. The lowest BCUT2D eigenvalue weighted by atomic mass is 10.0. The van der Waals surface area contributed by atoms with E-state index in [-0.39, 0.29) is 17.7 Å². The van der Waals surface area contributed by atoms with Crippen LogP contribution in [0, 0.1) is 13.8 Å². The Bertz CT molecular complexity index is 913. The molecular formula is C19H21N5O2. The number of amides is 1. The van der Waals surface area contributed by atoms with E-state index in [1.807, 2.05) is 30.3 Å². The van der Waals surface area contributed by atoms with Gasteiger partial charge in [-0.05, 0) is 31.9 Å². The second-order valence-corrected chi connectivity index (χ2v) is 6.24. The van der Waals surface area contributed by atoms with Gasteiger partial charge < -0.3 is 10.3 Å². The Morgan fingerprint density at radius 2 is 1.96 bits per heavy atom. The topological polar surface area (TPSA) is 92.7 Å². The number of carbonyl (C=O) groups is 2. The van der Waals surface area contributed by atoms with Crippen LogP contribution in [0.1, 0.15) is 50.6 Å². The van der Waals surface area contributed by atoms with Gasteiger partial charge in [0.2, 0.25) is 0 Å². The highest BCUT2D eigenvalue weighted by molar-refractivity contribution is 6.02. The van der Waals surface area contributed by atoms with E-state index in [0.717, 1.165) is 5.56 Å². The monoisotopic (exact) mass is 351 g/mol. The van der Waals surface area contributed by atoms with E-state index in [1.54, 1.807) is 24.9 Å². The standard InChI is InChI=1S/C19H21N5O2/c1-12-17(14(3)25)13(2)22-18(12)19(26)23-16(9-24-11-20-10-21-24)15-7-5-4-6-8-15/h4-8,10-11,16,22H,9H2,1-3H3,(H,23,26). The Kier molecular flexibility index (Phi) is 4.97. The van der Waals surface area contributed by atoms with Gasteiger partial charge in [-0.3, -0.25) is 14.3 Å². The smallest absolute Gasteiger partial charge is 0.268 e. The van der Waals surface area contributed by atoms with E-state index >= 15 is 0 Å². The summed E-state index contributed by atoms with van der Waals surface area (Å²) in [7, 11) is 0. The maximum Gasteiger partial charge on any atom is 0.268 e. The molecule has 0 saturated heterocycles. The van der Waals surface area contributed by atoms with Crippen LogP contribution >= 0.6 is 0 Å². The molecule has 1 amide bonds. The van der Waals surface area contributed by atoms with Crippen molar-refractivity contribution in [3.63, 3.8) is 0 Å². The summed E-state index contributed by atoms with van der Waals surface area (Å²) < 4.78 is 1.67. The van der Waals surface area contributed by atoms with Crippen LogP contribution in [-0.2, 0) is 6.54 Å². The number of hydrogen-bond acceptors (Lipinski definition) is 4. The molecule has 0 aliphatic heterocycles. The van der Waals surface area contributed by atoms with Crippen molar-refractivity contribution in [1.82, 2.24) is 25.1 Å². The van der Waals surface area contributed by atoms with Crippen molar-refractivity contribution in [3.05, 3.63) is 71.1 Å². The molecule has 0 saturated carbocycles. The first-order valence-corrected chi connectivity index (χ1v) is 8.35. The molecule has 0 aliphatic rings. The summed E-state index contributed by atoms with van der Waals surface area (Å²) >= 11 is 0. The Labute approximate surface area is 151 Å². The van der Waals surface area contributed by atoms with Gasteiger partial charge in [-0.25, -0.2) is 4.98 Å². The number of ketones is 1. The molecule has 3 rings (SSSR count). The van der Waals surface area contributed by atoms with Crippen LogP contribution < -0.4 is 5.32 Å². The number of rotatable bonds is 6. The first-order chi connectivity index (χ1) is 12.5. The van der Waals surface area contributed by atoms with E-state index in [4.69, 9.17) is 0 Å². The van der Waals surface area contributed by atoms with Gasteiger partial charge in [0.05, 0.1) is 12.6 Å². The summed E-state index contributed by atoms with van der Waals surface area (Å²) in [5.74, 6) is -0.315. The number of aromatic amines is 1. The largest absolute Gasteiger partial charge is 0.354 e. The third-order valence-corrected chi connectivity index (χ3v) is 4.36. The summed E-state index contributed by atoms with van der Waals surface area (Å²) in [4.78, 5) is 31.7. The van der Waals surface area contributed by atoms with Gasteiger partial charge in [-0.2, -0.15) is 5.10 Å². The normalized spacial score (nSPS) is 12.0. The van der Waals surface area contributed by atoms with Crippen molar-refractivity contribution in [3.8, 4) is 0 Å². The minimum atomic E-state index is -0.283. The molecule has 0 fully saturated rings. The van der Waals surface area contributed by atoms with Crippen LogP contribution in [0.2, 0.25) is 0 Å². The van der Waals surface area contributed by atoms with E-state index in [2.05, 4.69) is 20.4 Å². The minimum Gasteiger partial charge on any atom is -0.354 e. The van der Waals surface area contributed by atoms with E-state index < -0.39 is 0 Å². The molecule has 1 atom stereocenters. The Hall–Kier alpha value is -3.22. The number of hydrogen-bond donors (Lipinski definition) is 2. The summed E-state index contributed by atoms with van der Waals surface area (Å²) in [6, 6.07) is 9.40. The number of H-pyrrole nitrogens is 1. The minimum absolute atomic E-state index is 0.0578. The number of benzene rings is 1. The fourth-order valence-electron chi connectivity index (χ4n) is 3.17. The predicted octanol–water partition coefficient (Wildman–Crippen LogP) is 2.60. The molecule has 0 aliphatic carbocycles. The third-order valence-electron chi connectivity index (χ3n) is 4.36. The fraction of sp³-hybridized carbons (Fsp3) is 0.263. The summed E-state index contributed by atoms with van der Waals surface area (Å²) in [6.45, 7) is 5.53.